The minimum Gasteiger partial charge on any atom is -0.466 e. The number of nitrogens with one attached hydrogen (secondary N) is 1. The smallest absolute Gasteiger partial charge is 0.311 e. The van der Waals surface area contributed by atoms with Gasteiger partial charge in [0.15, 0.2) is 0 Å². The third kappa shape index (κ3) is 5.37. The first-order chi connectivity index (χ1) is 11.1. The molecule has 2 aromatic rings. The van der Waals surface area contributed by atoms with Crippen LogP contribution < -0.4 is 10.3 Å². The van der Waals surface area contributed by atoms with Gasteiger partial charge in [0.25, 0.3) is 0 Å². The topological polar surface area (TPSA) is 66.8 Å². The Hall–Kier alpha value is -2.41. The van der Waals surface area contributed by atoms with E-state index in [1.165, 1.54) is 11.3 Å². The highest BCUT2D eigenvalue weighted by Gasteiger charge is 2.07. The van der Waals surface area contributed by atoms with E-state index in [4.69, 9.17) is 4.74 Å². The van der Waals surface area contributed by atoms with E-state index in [1.807, 2.05) is 48.6 Å². The van der Waals surface area contributed by atoms with Crippen LogP contribution in [0.2, 0.25) is 0 Å². The molecule has 0 saturated heterocycles. The maximum Gasteiger partial charge on any atom is 0.311 e. The van der Waals surface area contributed by atoms with Crippen LogP contribution in [0.25, 0.3) is 0 Å². The van der Waals surface area contributed by atoms with Gasteiger partial charge in [0.2, 0.25) is 5.13 Å². The summed E-state index contributed by atoms with van der Waals surface area (Å²) in [5.74, 6) is -0.270. The molecule has 0 radical (unpaired) electrons. The fourth-order valence-electron chi connectivity index (χ4n) is 1.82. The number of aromatic nitrogens is 1. The molecule has 0 aliphatic rings. The lowest BCUT2D eigenvalue weighted by molar-refractivity contribution is -0.142. The third-order valence-corrected chi connectivity index (χ3v) is 3.76. The second kappa shape index (κ2) is 8.28. The summed E-state index contributed by atoms with van der Waals surface area (Å²) in [6.07, 6.45) is 1.91. The predicted octanol–water partition coefficient (Wildman–Crippen LogP) is 2.76. The average molecular weight is 332 g/mol. The zero-order valence-corrected chi connectivity index (χ0v) is 14.3. The largest absolute Gasteiger partial charge is 0.466 e. The van der Waals surface area contributed by atoms with Crippen LogP contribution in [0, 0.1) is 0 Å². The Bertz CT molecular complexity index is 665. The van der Waals surface area contributed by atoms with Crippen molar-refractivity contribution < 1.29 is 9.53 Å². The van der Waals surface area contributed by atoms with Crippen molar-refractivity contribution in [1.82, 2.24) is 4.98 Å². The summed E-state index contributed by atoms with van der Waals surface area (Å²) in [5, 5.41) is 6.62. The van der Waals surface area contributed by atoms with Crippen molar-refractivity contribution in [3.8, 4) is 0 Å². The molecule has 0 atom stereocenters. The number of ether oxygens (including phenoxy) is 1. The van der Waals surface area contributed by atoms with Gasteiger partial charge in [-0.05, 0) is 24.6 Å². The van der Waals surface area contributed by atoms with Gasteiger partial charge in [-0.25, -0.2) is 4.98 Å². The summed E-state index contributed by atoms with van der Waals surface area (Å²) in [5.41, 5.74) is 5.68. The quantitative estimate of drug-likeness (QED) is 0.480. The van der Waals surface area contributed by atoms with Crippen LogP contribution in [0.15, 0.2) is 34.7 Å². The van der Waals surface area contributed by atoms with Crippen molar-refractivity contribution >= 4 is 34.3 Å². The predicted molar refractivity (Wildman–Crippen MR) is 94.4 cm³/mol. The van der Waals surface area contributed by atoms with Crippen LogP contribution in [0.3, 0.4) is 0 Å². The highest BCUT2D eigenvalue weighted by atomic mass is 32.1. The molecule has 0 saturated carbocycles. The Morgan fingerprint density at radius 1 is 1.39 bits per heavy atom. The van der Waals surface area contributed by atoms with Crippen molar-refractivity contribution in [2.75, 3.05) is 31.0 Å². The van der Waals surface area contributed by atoms with Gasteiger partial charge >= 0.3 is 5.97 Å². The second-order valence-corrected chi connectivity index (χ2v) is 5.84. The van der Waals surface area contributed by atoms with E-state index in [2.05, 4.69) is 15.5 Å². The molecule has 0 bridgehead atoms. The molecular formula is C16H20N4O2S. The lowest BCUT2D eigenvalue weighted by Gasteiger charge is -2.11. The number of carbonyl (C=O) groups excluding carboxylic acids is 1. The van der Waals surface area contributed by atoms with E-state index >= 15 is 0 Å². The van der Waals surface area contributed by atoms with E-state index in [0.29, 0.717) is 17.4 Å². The van der Waals surface area contributed by atoms with Crippen LogP contribution in [0.4, 0.5) is 10.8 Å². The van der Waals surface area contributed by atoms with E-state index in [1.54, 1.807) is 13.1 Å². The summed E-state index contributed by atoms with van der Waals surface area (Å²) >= 11 is 1.40. The molecule has 122 valence electrons. The molecule has 1 N–H and O–H groups in total. The van der Waals surface area contributed by atoms with Crippen LogP contribution >= 0.6 is 11.3 Å². The van der Waals surface area contributed by atoms with Crippen LogP contribution in [0.1, 0.15) is 18.2 Å². The summed E-state index contributed by atoms with van der Waals surface area (Å²) in [7, 11) is 4.00. The maximum absolute atomic E-state index is 11.4. The van der Waals surface area contributed by atoms with Crippen molar-refractivity contribution in [2.24, 2.45) is 5.10 Å². The SMILES string of the molecule is CCOC(=O)Cc1csc(N/N=C\c2ccc(N(C)C)cc2)n1. The fraction of sp³-hybridized carbons (Fsp3) is 0.312. The number of benzene rings is 1. The van der Waals surface area contributed by atoms with E-state index < -0.39 is 0 Å². The molecule has 0 amide bonds. The number of hydrazone groups is 1. The highest BCUT2D eigenvalue weighted by molar-refractivity contribution is 7.13. The summed E-state index contributed by atoms with van der Waals surface area (Å²) in [6, 6.07) is 8.05. The highest BCUT2D eigenvalue weighted by Crippen LogP contribution is 2.16. The number of carbonyl (C=O) groups is 1. The van der Waals surface area contributed by atoms with Gasteiger partial charge in [-0.3, -0.25) is 10.2 Å². The second-order valence-electron chi connectivity index (χ2n) is 4.98. The number of thiazole rings is 1. The lowest BCUT2D eigenvalue weighted by Crippen LogP contribution is -2.08. The van der Waals surface area contributed by atoms with Crippen LogP contribution in [0.5, 0.6) is 0 Å². The van der Waals surface area contributed by atoms with E-state index in [0.717, 1.165) is 11.3 Å². The van der Waals surface area contributed by atoms with Crippen molar-refractivity contribution in [3.05, 3.63) is 40.9 Å². The number of rotatable bonds is 7. The number of hydrogen-bond donors (Lipinski definition) is 1. The number of anilines is 2. The molecule has 1 aromatic heterocycles. The normalized spacial score (nSPS) is 10.7. The number of esters is 1. The first kappa shape index (κ1) is 17.0. The minimum atomic E-state index is -0.270. The van der Waals surface area contributed by atoms with Gasteiger partial charge in [0.05, 0.1) is 24.9 Å². The Morgan fingerprint density at radius 2 is 2.13 bits per heavy atom. The maximum atomic E-state index is 11.4. The fourth-order valence-corrected chi connectivity index (χ4v) is 2.48. The van der Waals surface area contributed by atoms with Crippen molar-refractivity contribution in [2.45, 2.75) is 13.3 Å². The van der Waals surface area contributed by atoms with Gasteiger partial charge < -0.3 is 9.64 Å². The molecule has 0 unspecified atom stereocenters. The molecule has 2 rings (SSSR count). The summed E-state index contributed by atoms with van der Waals surface area (Å²) < 4.78 is 4.89. The monoisotopic (exact) mass is 332 g/mol. The number of hydrogen-bond acceptors (Lipinski definition) is 7. The van der Waals surface area contributed by atoms with Gasteiger partial charge in [0, 0.05) is 25.2 Å². The first-order valence-corrected chi connectivity index (χ1v) is 8.13. The van der Waals surface area contributed by atoms with Gasteiger partial charge in [-0.1, -0.05) is 12.1 Å². The molecule has 0 aliphatic carbocycles. The average Bonchev–Trinajstić information content (AvgIpc) is 2.95. The molecule has 23 heavy (non-hydrogen) atoms. The Morgan fingerprint density at radius 3 is 2.78 bits per heavy atom. The van der Waals surface area contributed by atoms with Gasteiger partial charge in [0.1, 0.15) is 0 Å². The van der Waals surface area contributed by atoms with Crippen molar-refractivity contribution in [3.63, 3.8) is 0 Å². The Labute approximate surface area is 139 Å². The first-order valence-electron chi connectivity index (χ1n) is 7.25. The van der Waals surface area contributed by atoms with E-state index in [9.17, 15) is 4.79 Å². The molecule has 1 heterocycles. The third-order valence-electron chi connectivity index (χ3n) is 2.97. The molecule has 0 spiro atoms. The minimum absolute atomic E-state index is 0.182. The molecule has 1 aromatic carbocycles. The Balaban J connectivity index is 1.88. The van der Waals surface area contributed by atoms with Gasteiger partial charge in [-0.15, -0.1) is 11.3 Å². The van der Waals surface area contributed by atoms with Crippen LogP contribution in [-0.4, -0.2) is 37.9 Å². The van der Waals surface area contributed by atoms with Crippen molar-refractivity contribution in [1.29, 1.82) is 0 Å². The zero-order chi connectivity index (χ0) is 16.7. The standard InChI is InChI=1S/C16H20N4O2S/c1-4-22-15(21)9-13-11-23-16(18-13)19-17-10-12-5-7-14(8-6-12)20(2)3/h5-8,10-11H,4,9H2,1-3H3,(H,18,19)/b17-10-. The molecule has 7 heteroatoms. The Kier molecular flexibility index (Phi) is 6.10. The molecule has 0 fully saturated rings. The summed E-state index contributed by atoms with van der Waals surface area (Å²) in [6.45, 7) is 2.16. The van der Waals surface area contributed by atoms with Crippen LogP contribution in [-0.2, 0) is 16.0 Å². The molecular weight excluding hydrogens is 312 g/mol. The van der Waals surface area contributed by atoms with Gasteiger partial charge in [-0.2, -0.15) is 5.10 Å². The summed E-state index contributed by atoms with van der Waals surface area (Å²) in [4.78, 5) is 17.7. The van der Waals surface area contributed by atoms with E-state index in [-0.39, 0.29) is 12.4 Å². The molecule has 6 nitrogen and oxygen atoms in total. The zero-order valence-electron chi connectivity index (χ0n) is 13.4. The lowest BCUT2D eigenvalue weighted by atomic mass is 10.2. The molecule has 0 aliphatic heterocycles. The number of nitrogens with zero attached hydrogens (tertiary/aromatic N) is 3.